The number of carbonyl (C=O) groups excluding carboxylic acids is 2. The van der Waals surface area contributed by atoms with Gasteiger partial charge in [-0.3, -0.25) is 9.59 Å². The van der Waals surface area contributed by atoms with Crippen LogP contribution in [0, 0.1) is 0 Å². The second-order valence-corrected chi connectivity index (χ2v) is 7.07. The van der Waals surface area contributed by atoms with Gasteiger partial charge < -0.3 is 20.2 Å². The molecule has 3 N–H and O–H groups in total. The largest absolute Gasteiger partial charge is 0.472 e. The van der Waals surface area contributed by atoms with Gasteiger partial charge in [0.25, 0.3) is 0 Å². The molecule has 0 saturated carbocycles. The van der Waals surface area contributed by atoms with Crippen molar-refractivity contribution in [3.8, 4) is 0 Å². The number of aliphatic hydroxyl groups is 1. The minimum atomic E-state index is -1.45. The minimum absolute atomic E-state index is 0.141. The van der Waals surface area contributed by atoms with E-state index in [-0.39, 0.29) is 13.1 Å². The zero-order valence-electron chi connectivity index (χ0n) is 13.1. The summed E-state index contributed by atoms with van der Waals surface area (Å²) in [4.78, 5) is 24.6. The van der Waals surface area contributed by atoms with E-state index < -0.39 is 17.4 Å². The van der Waals surface area contributed by atoms with Crippen LogP contribution in [-0.2, 0) is 21.7 Å². The van der Waals surface area contributed by atoms with Gasteiger partial charge in [-0.2, -0.15) is 11.3 Å². The molecule has 3 aromatic heterocycles. The summed E-state index contributed by atoms with van der Waals surface area (Å²) in [6.07, 6.45) is 2.87. The Bertz CT molecular complexity index is 777. The standard InChI is InChI=1S/C17H16N2O4S2/c20-15(18-8-12-4-7-24-10-12)16(21)19-11-17(22,13-3-5-23-9-13)14-2-1-6-25-14/h1-7,9-10,22H,8,11H2,(H,18,20)(H,19,21)/t17-/m0/s1. The lowest BCUT2D eigenvalue weighted by Crippen LogP contribution is -2.46. The lowest BCUT2D eigenvalue weighted by atomic mass is 9.94. The van der Waals surface area contributed by atoms with Crippen molar-refractivity contribution in [2.24, 2.45) is 0 Å². The molecule has 0 saturated heterocycles. The van der Waals surface area contributed by atoms with Crippen molar-refractivity contribution in [1.29, 1.82) is 0 Å². The van der Waals surface area contributed by atoms with Crippen molar-refractivity contribution in [3.63, 3.8) is 0 Å². The molecule has 0 radical (unpaired) electrons. The second kappa shape index (κ2) is 7.64. The molecule has 0 aliphatic rings. The van der Waals surface area contributed by atoms with Crippen LogP contribution in [0.2, 0.25) is 0 Å². The number of furan rings is 1. The van der Waals surface area contributed by atoms with Gasteiger partial charge in [-0.15, -0.1) is 11.3 Å². The van der Waals surface area contributed by atoms with Crippen LogP contribution in [0.3, 0.4) is 0 Å². The second-order valence-electron chi connectivity index (χ2n) is 5.35. The van der Waals surface area contributed by atoms with Gasteiger partial charge in [0.2, 0.25) is 0 Å². The summed E-state index contributed by atoms with van der Waals surface area (Å²) >= 11 is 2.87. The summed E-state index contributed by atoms with van der Waals surface area (Å²) in [5.41, 5.74) is -0.0154. The van der Waals surface area contributed by atoms with Gasteiger partial charge in [0, 0.05) is 17.0 Å². The average Bonchev–Trinajstić information content (AvgIpc) is 3.38. The highest BCUT2D eigenvalue weighted by atomic mass is 32.1. The highest BCUT2D eigenvalue weighted by Crippen LogP contribution is 2.32. The van der Waals surface area contributed by atoms with E-state index >= 15 is 0 Å². The molecule has 0 spiro atoms. The summed E-state index contributed by atoms with van der Waals surface area (Å²) in [6, 6.07) is 7.07. The van der Waals surface area contributed by atoms with Crippen molar-refractivity contribution < 1.29 is 19.1 Å². The van der Waals surface area contributed by atoms with Crippen LogP contribution in [0.15, 0.2) is 57.3 Å². The number of thiophene rings is 2. The summed E-state index contributed by atoms with van der Waals surface area (Å²) in [7, 11) is 0. The molecule has 0 aromatic carbocycles. The van der Waals surface area contributed by atoms with Gasteiger partial charge in [0.05, 0.1) is 19.1 Å². The quantitative estimate of drug-likeness (QED) is 0.575. The molecule has 2 amide bonds. The first-order valence-corrected chi connectivity index (χ1v) is 9.28. The van der Waals surface area contributed by atoms with E-state index in [1.165, 1.54) is 35.2 Å². The van der Waals surface area contributed by atoms with Gasteiger partial charge in [-0.05, 0) is 39.9 Å². The summed E-state index contributed by atoms with van der Waals surface area (Å²) in [6.45, 7) is 0.143. The molecule has 3 rings (SSSR count). The SMILES string of the molecule is O=C(NCc1ccsc1)C(=O)NC[C@](O)(c1ccoc1)c1cccs1. The van der Waals surface area contributed by atoms with Gasteiger partial charge in [-0.1, -0.05) is 6.07 Å². The Morgan fingerprint density at radius 3 is 2.64 bits per heavy atom. The van der Waals surface area contributed by atoms with Crippen LogP contribution >= 0.6 is 22.7 Å². The third kappa shape index (κ3) is 3.98. The Morgan fingerprint density at radius 2 is 2.00 bits per heavy atom. The number of rotatable bonds is 6. The molecule has 8 heteroatoms. The van der Waals surface area contributed by atoms with Gasteiger partial charge in [0.1, 0.15) is 5.60 Å². The van der Waals surface area contributed by atoms with Crippen molar-refractivity contribution in [2.75, 3.05) is 6.54 Å². The molecule has 0 aliphatic heterocycles. The fourth-order valence-electron chi connectivity index (χ4n) is 2.29. The van der Waals surface area contributed by atoms with Crippen LogP contribution in [0.4, 0.5) is 0 Å². The molecular formula is C17H16N2O4S2. The topological polar surface area (TPSA) is 91.6 Å². The van der Waals surface area contributed by atoms with E-state index in [0.29, 0.717) is 10.4 Å². The summed E-state index contributed by atoms with van der Waals surface area (Å²) in [5, 5.41) is 21.7. The van der Waals surface area contributed by atoms with Crippen molar-refractivity contribution in [3.05, 3.63) is 68.9 Å². The first kappa shape index (κ1) is 17.4. The van der Waals surface area contributed by atoms with Crippen LogP contribution in [0.5, 0.6) is 0 Å². The van der Waals surface area contributed by atoms with Gasteiger partial charge in [0.15, 0.2) is 0 Å². The molecule has 3 heterocycles. The zero-order valence-corrected chi connectivity index (χ0v) is 14.7. The van der Waals surface area contributed by atoms with Crippen LogP contribution in [-0.4, -0.2) is 23.5 Å². The molecule has 1 atom stereocenters. The van der Waals surface area contributed by atoms with E-state index in [2.05, 4.69) is 10.6 Å². The Kier molecular flexibility index (Phi) is 5.32. The van der Waals surface area contributed by atoms with Crippen molar-refractivity contribution in [2.45, 2.75) is 12.1 Å². The number of hydrogen-bond acceptors (Lipinski definition) is 6. The number of amides is 2. The molecular weight excluding hydrogens is 360 g/mol. The van der Waals surface area contributed by atoms with Crippen molar-refractivity contribution >= 4 is 34.5 Å². The molecule has 0 unspecified atom stereocenters. The maximum absolute atomic E-state index is 12.0. The highest BCUT2D eigenvalue weighted by Gasteiger charge is 2.34. The first-order chi connectivity index (χ1) is 12.1. The van der Waals surface area contributed by atoms with Crippen molar-refractivity contribution in [1.82, 2.24) is 10.6 Å². The number of hydrogen-bond donors (Lipinski definition) is 3. The fraction of sp³-hybridized carbons (Fsp3) is 0.176. The minimum Gasteiger partial charge on any atom is -0.472 e. The van der Waals surface area contributed by atoms with Crippen LogP contribution in [0.25, 0.3) is 0 Å². The van der Waals surface area contributed by atoms with Crippen LogP contribution in [0.1, 0.15) is 16.0 Å². The van der Waals surface area contributed by atoms with Gasteiger partial charge in [-0.25, -0.2) is 0 Å². The maximum atomic E-state index is 12.0. The smallest absolute Gasteiger partial charge is 0.309 e. The molecule has 3 aromatic rings. The van der Waals surface area contributed by atoms with E-state index in [1.807, 2.05) is 22.2 Å². The van der Waals surface area contributed by atoms with Crippen LogP contribution < -0.4 is 10.6 Å². The van der Waals surface area contributed by atoms with E-state index in [1.54, 1.807) is 18.2 Å². The average molecular weight is 376 g/mol. The van der Waals surface area contributed by atoms with E-state index in [4.69, 9.17) is 4.42 Å². The Morgan fingerprint density at radius 1 is 1.16 bits per heavy atom. The predicted octanol–water partition coefficient (Wildman–Crippen LogP) is 2.07. The lowest BCUT2D eigenvalue weighted by molar-refractivity contribution is -0.139. The first-order valence-electron chi connectivity index (χ1n) is 7.46. The highest BCUT2D eigenvalue weighted by molar-refractivity contribution is 7.10. The molecule has 130 valence electrons. The Hall–Kier alpha value is -2.42. The lowest BCUT2D eigenvalue weighted by Gasteiger charge is -2.26. The Balaban J connectivity index is 1.63. The Labute approximate surface area is 152 Å². The summed E-state index contributed by atoms with van der Waals surface area (Å²) in [5.74, 6) is -1.54. The monoisotopic (exact) mass is 376 g/mol. The predicted molar refractivity (Wildman–Crippen MR) is 95.2 cm³/mol. The molecule has 25 heavy (non-hydrogen) atoms. The number of nitrogens with one attached hydrogen (secondary N) is 2. The third-order valence-corrected chi connectivity index (χ3v) is 5.42. The number of carbonyl (C=O) groups is 2. The molecule has 0 fully saturated rings. The molecule has 0 aliphatic carbocycles. The van der Waals surface area contributed by atoms with E-state index in [0.717, 1.165) is 5.56 Å². The summed E-state index contributed by atoms with van der Waals surface area (Å²) < 4.78 is 5.05. The maximum Gasteiger partial charge on any atom is 0.309 e. The fourth-order valence-corrected chi connectivity index (χ4v) is 3.80. The molecule has 6 nitrogen and oxygen atoms in total. The normalized spacial score (nSPS) is 13.2. The molecule has 0 bridgehead atoms. The zero-order chi connectivity index (χ0) is 17.7. The van der Waals surface area contributed by atoms with Gasteiger partial charge >= 0.3 is 11.8 Å². The third-order valence-electron chi connectivity index (χ3n) is 3.67. The van der Waals surface area contributed by atoms with E-state index in [9.17, 15) is 14.7 Å².